The Morgan fingerprint density at radius 2 is 1.89 bits per heavy atom. The van der Waals surface area contributed by atoms with Gasteiger partial charge in [-0.1, -0.05) is 30.3 Å². The first-order valence-electron chi connectivity index (χ1n) is 6.33. The lowest BCUT2D eigenvalue weighted by Crippen LogP contribution is -2.38. The lowest BCUT2D eigenvalue weighted by Gasteiger charge is -2.18. The Hall–Kier alpha value is -2.36. The number of rotatable bonds is 3. The maximum Gasteiger partial charge on any atom is 0.319 e. The molecule has 1 aliphatic rings. The summed E-state index contributed by atoms with van der Waals surface area (Å²) >= 11 is 0. The molecule has 1 saturated carbocycles. The molecular formula is C15H15N3O. The minimum Gasteiger partial charge on any atom is -0.328 e. The van der Waals surface area contributed by atoms with Gasteiger partial charge in [0.2, 0.25) is 0 Å². The zero-order valence-electron chi connectivity index (χ0n) is 10.5. The number of urea groups is 1. The molecule has 2 aromatic rings. The molecule has 96 valence electrons. The minimum absolute atomic E-state index is 0.186. The average molecular weight is 253 g/mol. The van der Waals surface area contributed by atoms with Gasteiger partial charge in [-0.3, -0.25) is 4.98 Å². The van der Waals surface area contributed by atoms with E-state index in [4.69, 9.17) is 0 Å². The van der Waals surface area contributed by atoms with E-state index < -0.39 is 0 Å². The van der Waals surface area contributed by atoms with Crippen molar-refractivity contribution in [1.29, 1.82) is 0 Å². The number of carbonyl (C=O) groups excluding carboxylic acids is 1. The summed E-state index contributed by atoms with van der Waals surface area (Å²) in [6.07, 6.45) is 5.27. The van der Waals surface area contributed by atoms with E-state index in [1.165, 1.54) is 0 Å². The summed E-state index contributed by atoms with van der Waals surface area (Å²) in [5.74, 6) is 0. The second kappa shape index (κ2) is 4.72. The zero-order chi connectivity index (χ0) is 13.1. The number of pyridine rings is 1. The van der Waals surface area contributed by atoms with Crippen LogP contribution in [0.4, 0.5) is 10.5 Å². The molecule has 4 nitrogen and oxygen atoms in total. The SMILES string of the molecule is O=C(Nc1cccnc1)NC1(c2ccccc2)CC1. The highest BCUT2D eigenvalue weighted by Crippen LogP contribution is 2.45. The molecule has 4 heteroatoms. The third-order valence-electron chi connectivity index (χ3n) is 3.35. The smallest absolute Gasteiger partial charge is 0.319 e. The summed E-state index contributed by atoms with van der Waals surface area (Å²) in [4.78, 5) is 16.0. The molecule has 0 aliphatic heterocycles. The van der Waals surface area contributed by atoms with E-state index in [1.54, 1.807) is 18.5 Å². The van der Waals surface area contributed by atoms with E-state index in [1.807, 2.05) is 24.3 Å². The molecule has 2 N–H and O–H groups in total. The number of amides is 2. The van der Waals surface area contributed by atoms with Crippen LogP contribution in [0, 0.1) is 0 Å². The Balaban J connectivity index is 1.67. The first-order chi connectivity index (χ1) is 9.28. The van der Waals surface area contributed by atoms with Crippen LogP contribution in [0.15, 0.2) is 54.9 Å². The molecule has 1 fully saturated rings. The third kappa shape index (κ3) is 2.57. The van der Waals surface area contributed by atoms with Crippen molar-refractivity contribution in [3.8, 4) is 0 Å². The van der Waals surface area contributed by atoms with Crippen LogP contribution in [0.1, 0.15) is 18.4 Å². The fraction of sp³-hybridized carbons (Fsp3) is 0.200. The van der Waals surface area contributed by atoms with E-state index in [0.29, 0.717) is 5.69 Å². The van der Waals surface area contributed by atoms with E-state index in [2.05, 4.69) is 27.8 Å². The number of nitrogens with zero attached hydrogens (tertiary/aromatic N) is 1. The first-order valence-corrected chi connectivity index (χ1v) is 6.33. The number of nitrogens with one attached hydrogen (secondary N) is 2. The van der Waals surface area contributed by atoms with Gasteiger partial charge in [-0.25, -0.2) is 4.79 Å². The van der Waals surface area contributed by atoms with Crippen molar-refractivity contribution < 1.29 is 4.79 Å². The third-order valence-corrected chi connectivity index (χ3v) is 3.35. The summed E-state index contributed by atoms with van der Waals surface area (Å²) in [5, 5.41) is 5.85. The van der Waals surface area contributed by atoms with Gasteiger partial charge in [0, 0.05) is 6.20 Å². The van der Waals surface area contributed by atoms with Gasteiger partial charge in [0.15, 0.2) is 0 Å². The van der Waals surface area contributed by atoms with Crippen molar-refractivity contribution in [2.24, 2.45) is 0 Å². The monoisotopic (exact) mass is 253 g/mol. The summed E-state index contributed by atoms with van der Waals surface area (Å²) in [6, 6.07) is 13.5. The maximum atomic E-state index is 12.0. The van der Waals surface area contributed by atoms with E-state index in [-0.39, 0.29) is 11.6 Å². The zero-order valence-corrected chi connectivity index (χ0v) is 10.5. The number of anilines is 1. The molecule has 0 radical (unpaired) electrons. The van der Waals surface area contributed by atoms with E-state index >= 15 is 0 Å². The maximum absolute atomic E-state index is 12.0. The highest BCUT2D eigenvalue weighted by molar-refractivity contribution is 5.89. The molecule has 0 bridgehead atoms. The number of aromatic nitrogens is 1. The largest absolute Gasteiger partial charge is 0.328 e. The van der Waals surface area contributed by atoms with E-state index in [9.17, 15) is 4.79 Å². The van der Waals surface area contributed by atoms with E-state index in [0.717, 1.165) is 18.4 Å². The number of benzene rings is 1. The molecule has 0 atom stereocenters. The summed E-state index contributed by atoms with van der Waals surface area (Å²) in [5.41, 5.74) is 1.67. The van der Waals surface area contributed by atoms with Crippen molar-refractivity contribution in [3.63, 3.8) is 0 Å². The van der Waals surface area contributed by atoms with Crippen LogP contribution in [0.5, 0.6) is 0 Å². The molecule has 0 spiro atoms. The van der Waals surface area contributed by atoms with Crippen molar-refractivity contribution in [1.82, 2.24) is 10.3 Å². The molecule has 0 saturated heterocycles. The van der Waals surface area contributed by atoms with Gasteiger partial charge in [0.25, 0.3) is 0 Å². The Kier molecular flexibility index (Phi) is 2.91. The van der Waals surface area contributed by atoms with Crippen LogP contribution in [-0.2, 0) is 5.54 Å². The number of carbonyl (C=O) groups is 1. The van der Waals surface area contributed by atoms with Crippen molar-refractivity contribution in [2.75, 3.05) is 5.32 Å². The molecule has 1 aliphatic carbocycles. The molecular weight excluding hydrogens is 238 g/mol. The van der Waals surface area contributed by atoms with Gasteiger partial charge in [-0.2, -0.15) is 0 Å². The summed E-state index contributed by atoms with van der Waals surface area (Å²) in [7, 11) is 0. The standard InChI is InChI=1S/C15H15N3O/c19-14(17-13-7-4-10-16-11-13)18-15(8-9-15)12-5-2-1-3-6-12/h1-7,10-11H,8-9H2,(H2,17,18,19). The molecule has 0 unspecified atom stereocenters. The quantitative estimate of drug-likeness (QED) is 0.883. The van der Waals surface area contributed by atoms with Crippen LogP contribution in [0.3, 0.4) is 0 Å². The predicted molar refractivity (Wildman–Crippen MR) is 73.7 cm³/mol. The van der Waals surface area contributed by atoms with Crippen LogP contribution in [0.25, 0.3) is 0 Å². The summed E-state index contributed by atoms with van der Waals surface area (Å²) in [6.45, 7) is 0. The van der Waals surface area contributed by atoms with Crippen molar-refractivity contribution in [3.05, 3.63) is 60.4 Å². The Bertz CT molecular complexity index is 564. The van der Waals surface area contributed by atoms with Crippen LogP contribution in [0.2, 0.25) is 0 Å². The van der Waals surface area contributed by atoms with Gasteiger partial charge >= 0.3 is 6.03 Å². The Morgan fingerprint density at radius 1 is 1.11 bits per heavy atom. The van der Waals surface area contributed by atoms with Crippen molar-refractivity contribution in [2.45, 2.75) is 18.4 Å². The molecule has 1 aromatic heterocycles. The lowest BCUT2D eigenvalue weighted by atomic mass is 10.1. The van der Waals surface area contributed by atoms with Crippen LogP contribution >= 0.6 is 0 Å². The molecule has 1 aromatic carbocycles. The summed E-state index contributed by atoms with van der Waals surface area (Å²) < 4.78 is 0. The van der Waals surface area contributed by atoms with Crippen molar-refractivity contribution >= 4 is 11.7 Å². The fourth-order valence-electron chi connectivity index (χ4n) is 2.18. The number of hydrogen-bond donors (Lipinski definition) is 2. The second-order valence-corrected chi connectivity index (χ2v) is 4.77. The lowest BCUT2D eigenvalue weighted by molar-refractivity contribution is 0.247. The normalized spacial score (nSPS) is 15.6. The van der Waals surface area contributed by atoms with Gasteiger partial charge in [0.1, 0.15) is 0 Å². The highest BCUT2D eigenvalue weighted by Gasteiger charge is 2.45. The molecule has 1 heterocycles. The topological polar surface area (TPSA) is 54.0 Å². The molecule has 3 rings (SSSR count). The minimum atomic E-state index is -0.187. The highest BCUT2D eigenvalue weighted by atomic mass is 16.2. The average Bonchev–Trinajstić information content (AvgIpc) is 3.21. The molecule has 19 heavy (non-hydrogen) atoms. The number of hydrogen-bond acceptors (Lipinski definition) is 2. The van der Waals surface area contributed by atoms with Gasteiger partial charge in [0.05, 0.1) is 17.4 Å². The van der Waals surface area contributed by atoms with Gasteiger partial charge in [-0.15, -0.1) is 0 Å². The first kappa shape index (κ1) is 11.7. The Morgan fingerprint density at radius 3 is 2.53 bits per heavy atom. The van der Waals surface area contributed by atoms with Gasteiger partial charge < -0.3 is 10.6 Å². The fourth-order valence-corrected chi connectivity index (χ4v) is 2.18. The van der Waals surface area contributed by atoms with Crippen LogP contribution in [-0.4, -0.2) is 11.0 Å². The second-order valence-electron chi connectivity index (χ2n) is 4.77. The predicted octanol–water partition coefficient (Wildman–Crippen LogP) is 2.89. The van der Waals surface area contributed by atoms with Gasteiger partial charge in [-0.05, 0) is 30.5 Å². The molecule has 2 amide bonds. The Labute approximate surface area is 111 Å². The van der Waals surface area contributed by atoms with Crippen LogP contribution < -0.4 is 10.6 Å².